The number of unbranched alkanes of at least 4 members (excludes halogenated alkanes) is 24. The molecule has 0 aliphatic heterocycles. The second kappa shape index (κ2) is 50.2. The van der Waals surface area contributed by atoms with Crippen molar-refractivity contribution in [3.63, 3.8) is 0 Å². The van der Waals surface area contributed by atoms with Gasteiger partial charge in [-0.25, -0.2) is 0 Å². The summed E-state index contributed by atoms with van der Waals surface area (Å²) in [5.41, 5.74) is 0. The molecule has 68 heavy (non-hydrogen) atoms. The van der Waals surface area contributed by atoms with E-state index in [2.05, 4.69) is 86.8 Å². The largest absolute Gasteiger partial charge is 0.544 e. The van der Waals surface area contributed by atoms with Crippen LogP contribution >= 0.6 is 0 Å². The number of nitrogens with zero attached hydrogens (tertiary/aromatic N) is 1. The van der Waals surface area contributed by atoms with Crippen LogP contribution in [0.2, 0.25) is 0 Å². The van der Waals surface area contributed by atoms with Crippen molar-refractivity contribution in [2.45, 2.75) is 251 Å². The molecule has 392 valence electrons. The first-order chi connectivity index (χ1) is 33.1. The highest BCUT2D eigenvalue weighted by Gasteiger charge is 2.25. The first-order valence-electron chi connectivity index (χ1n) is 28.0. The molecule has 0 aromatic rings. The fourth-order valence-corrected chi connectivity index (χ4v) is 7.97. The summed E-state index contributed by atoms with van der Waals surface area (Å²) in [5.74, 6) is -1.77. The van der Waals surface area contributed by atoms with Crippen molar-refractivity contribution in [3.05, 3.63) is 72.9 Å². The third kappa shape index (κ3) is 47.8. The average molecular weight is 952 g/mol. The molecule has 0 saturated heterocycles. The van der Waals surface area contributed by atoms with Crippen LogP contribution in [-0.2, 0) is 28.6 Å². The lowest BCUT2D eigenvalue weighted by Crippen LogP contribution is -2.55. The van der Waals surface area contributed by atoms with Crippen LogP contribution in [0.15, 0.2) is 72.9 Å². The standard InChI is InChI=1S/C60H105NO7/c1-6-8-10-12-14-16-18-20-22-24-26-28-29-31-32-34-36-38-40-42-44-46-48-50-58(62)67-55-56(54-66-53-52-57(60(64)65)61(3,4)5)68-59(63)51-49-47-45-43-41-39-37-35-33-30-27-25-23-21-19-17-15-13-11-9-7-2/h15,17,21,23,26-28,30-32,35,37,56-57H,6-14,16,18-20,22,24-25,29,33-34,36,38-55H2,1-5H3/b17-15+,23-21+,28-26+,30-27+,32-31+,37-35+. The summed E-state index contributed by atoms with van der Waals surface area (Å²) in [6.07, 6.45) is 65.1. The van der Waals surface area contributed by atoms with Gasteiger partial charge in [0.15, 0.2) is 6.10 Å². The van der Waals surface area contributed by atoms with E-state index in [0.717, 1.165) is 89.9 Å². The van der Waals surface area contributed by atoms with Crippen LogP contribution in [-0.4, -0.2) is 75.5 Å². The first kappa shape index (κ1) is 64.8. The fourth-order valence-electron chi connectivity index (χ4n) is 7.97. The molecule has 0 heterocycles. The molecule has 0 amide bonds. The number of ether oxygens (including phenoxy) is 3. The zero-order chi connectivity index (χ0) is 49.9. The Balaban J connectivity index is 4.26. The number of carbonyl (C=O) groups is 3. The highest BCUT2D eigenvalue weighted by atomic mass is 16.6. The molecule has 0 saturated carbocycles. The fraction of sp³-hybridized carbons (Fsp3) is 0.750. The molecule has 0 aliphatic carbocycles. The van der Waals surface area contributed by atoms with Gasteiger partial charge < -0.3 is 28.6 Å². The number of aliphatic carboxylic acids is 1. The van der Waals surface area contributed by atoms with Gasteiger partial charge in [-0.3, -0.25) is 9.59 Å². The molecule has 0 aromatic carbocycles. The van der Waals surface area contributed by atoms with Crippen LogP contribution in [0.3, 0.4) is 0 Å². The van der Waals surface area contributed by atoms with E-state index in [0.29, 0.717) is 12.8 Å². The summed E-state index contributed by atoms with van der Waals surface area (Å²) >= 11 is 0. The quantitative estimate of drug-likeness (QED) is 0.0259. The van der Waals surface area contributed by atoms with Crippen molar-refractivity contribution in [2.24, 2.45) is 0 Å². The summed E-state index contributed by atoms with van der Waals surface area (Å²) in [5, 5.41) is 11.7. The van der Waals surface area contributed by atoms with E-state index < -0.39 is 18.1 Å². The number of carboxylic acids is 1. The normalized spacial score (nSPS) is 13.4. The van der Waals surface area contributed by atoms with Gasteiger partial charge in [0.05, 0.1) is 40.3 Å². The van der Waals surface area contributed by atoms with Crippen molar-refractivity contribution in [1.82, 2.24) is 0 Å². The SMILES string of the molecule is CCCCC/C=C/C/C=C/C/C=C/C/C=C/CCCCCCCC(=O)OC(COCCC(C(=O)[O-])[N+](C)(C)C)COC(=O)CCCCCCCCC/C=C/C/C=C/CCCCCCCCCCC. The van der Waals surface area contributed by atoms with Crippen LogP contribution in [0.25, 0.3) is 0 Å². The van der Waals surface area contributed by atoms with Crippen molar-refractivity contribution in [3.8, 4) is 0 Å². The molecular weight excluding hydrogens is 847 g/mol. The minimum absolute atomic E-state index is 0.0275. The van der Waals surface area contributed by atoms with Gasteiger partial charge in [-0.15, -0.1) is 0 Å². The molecular formula is C60H105NO7. The van der Waals surface area contributed by atoms with Gasteiger partial charge in [-0.2, -0.15) is 0 Å². The molecule has 0 spiro atoms. The smallest absolute Gasteiger partial charge is 0.306 e. The summed E-state index contributed by atoms with van der Waals surface area (Å²) < 4.78 is 17.3. The average Bonchev–Trinajstić information content (AvgIpc) is 3.30. The molecule has 0 rings (SSSR count). The highest BCUT2D eigenvalue weighted by Crippen LogP contribution is 2.14. The van der Waals surface area contributed by atoms with Crippen LogP contribution in [0.5, 0.6) is 0 Å². The van der Waals surface area contributed by atoms with Crippen LogP contribution < -0.4 is 5.11 Å². The van der Waals surface area contributed by atoms with Crippen LogP contribution in [0, 0.1) is 0 Å². The minimum Gasteiger partial charge on any atom is -0.544 e. The van der Waals surface area contributed by atoms with E-state index in [9.17, 15) is 19.5 Å². The van der Waals surface area contributed by atoms with Crippen molar-refractivity contribution in [2.75, 3.05) is 41.0 Å². The molecule has 0 radical (unpaired) electrons. The Kier molecular flexibility index (Phi) is 47.8. The van der Waals surface area contributed by atoms with Gasteiger partial charge >= 0.3 is 11.9 Å². The Labute approximate surface area is 419 Å². The molecule has 0 aliphatic rings. The van der Waals surface area contributed by atoms with E-state index in [1.54, 1.807) is 21.1 Å². The zero-order valence-corrected chi connectivity index (χ0v) is 44.8. The Morgan fingerprint density at radius 3 is 1.18 bits per heavy atom. The molecule has 8 nitrogen and oxygen atoms in total. The Morgan fingerprint density at radius 2 is 0.779 bits per heavy atom. The number of allylic oxidation sites excluding steroid dienone is 12. The number of hydrogen-bond donors (Lipinski definition) is 0. The van der Waals surface area contributed by atoms with Crippen molar-refractivity contribution >= 4 is 17.9 Å². The summed E-state index contributed by atoms with van der Waals surface area (Å²) in [4.78, 5) is 37.1. The number of carboxylic acid groups (broad SMARTS) is 1. The molecule has 0 aromatic heterocycles. The minimum atomic E-state index is -1.13. The van der Waals surface area contributed by atoms with Gasteiger partial charge in [0, 0.05) is 19.3 Å². The Hall–Kier alpha value is -3.23. The highest BCUT2D eigenvalue weighted by molar-refractivity contribution is 5.70. The van der Waals surface area contributed by atoms with Crippen LogP contribution in [0.1, 0.15) is 239 Å². The number of esters is 2. The molecule has 2 atom stereocenters. The predicted molar refractivity (Wildman–Crippen MR) is 286 cm³/mol. The van der Waals surface area contributed by atoms with Gasteiger partial charge in [0.1, 0.15) is 12.6 Å². The zero-order valence-electron chi connectivity index (χ0n) is 44.8. The summed E-state index contributed by atoms with van der Waals surface area (Å²) in [6, 6.07) is -0.735. The maximum Gasteiger partial charge on any atom is 0.306 e. The van der Waals surface area contributed by atoms with Gasteiger partial charge in [0.2, 0.25) is 0 Å². The Bertz CT molecular complexity index is 1340. The monoisotopic (exact) mass is 952 g/mol. The van der Waals surface area contributed by atoms with E-state index in [1.807, 2.05) is 0 Å². The lowest BCUT2D eigenvalue weighted by atomic mass is 10.1. The number of likely N-dealkylation sites (N-methyl/N-ethyl adjacent to an activating group) is 1. The second-order valence-corrected chi connectivity index (χ2v) is 19.8. The number of quaternary nitrogens is 1. The third-order valence-corrected chi connectivity index (χ3v) is 12.3. The molecule has 0 fully saturated rings. The maximum atomic E-state index is 12.8. The predicted octanol–water partition coefficient (Wildman–Crippen LogP) is 15.3. The Morgan fingerprint density at radius 1 is 0.441 bits per heavy atom. The maximum absolute atomic E-state index is 12.8. The summed E-state index contributed by atoms with van der Waals surface area (Å²) in [6.45, 7) is 4.62. The number of hydrogen-bond acceptors (Lipinski definition) is 7. The molecule has 0 bridgehead atoms. The van der Waals surface area contributed by atoms with Crippen molar-refractivity contribution in [1.29, 1.82) is 0 Å². The lowest BCUT2D eigenvalue weighted by Gasteiger charge is -2.34. The molecule has 8 heteroatoms. The van der Waals surface area contributed by atoms with Gasteiger partial charge in [0.25, 0.3) is 0 Å². The van der Waals surface area contributed by atoms with E-state index in [4.69, 9.17) is 14.2 Å². The molecule has 2 unspecified atom stereocenters. The summed E-state index contributed by atoms with van der Waals surface area (Å²) in [7, 11) is 5.41. The van der Waals surface area contributed by atoms with Crippen molar-refractivity contribution < 1.29 is 38.2 Å². The van der Waals surface area contributed by atoms with E-state index >= 15 is 0 Å². The molecule has 0 N–H and O–H groups in total. The van der Waals surface area contributed by atoms with E-state index in [-0.39, 0.29) is 42.7 Å². The van der Waals surface area contributed by atoms with E-state index in [1.165, 1.54) is 116 Å². The number of carbonyl (C=O) groups excluding carboxylic acids is 3. The number of rotatable bonds is 50. The topological polar surface area (TPSA) is 102 Å². The van der Waals surface area contributed by atoms with Gasteiger partial charge in [-0.05, 0) is 89.9 Å². The third-order valence-electron chi connectivity index (χ3n) is 12.3. The van der Waals surface area contributed by atoms with Crippen LogP contribution in [0.4, 0.5) is 0 Å². The first-order valence-corrected chi connectivity index (χ1v) is 28.0. The second-order valence-electron chi connectivity index (χ2n) is 19.8. The lowest BCUT2D eigenvalue weighted by molar-refractivity contribution is -0.889. The van der Waals surface area contributed by atoms with Gasteiger partial charge in [-0.1, -0.05) is 202 Å².